The predicted octanol–water partition coefficient (Wildman–Crippen LogP) is 6.36. The van der Waals surface area contributed by atoms with Gasteiger partial charge >= 0.3 is 0 Å². The number of aryl methyl sites for hydroxylation is 2. The summed E-state index contributed by atoms with van der Waals surface area (Å²) in [6, 6.07) is 24.6. The summed E-state index contributed by atoms with van der Waals surface area (Å²) in [6.07, 6.45) is 0.610. The first-order chi connectivity index (χ1) is 22.8. The van der Waals surface area contributed by atoms with Crippen LogP contribution in [0.3, 0.4) is 0 Å². The van der Waals surface area contributed by atoms with Gasteiger partial charge in [0.1, 0.15) is 11.5 Å². The van der Waals surface area contributed by atoms with Crippen LogP contribution in [0.4, 0.5) is 0 Å². The average molecular weight is 667 g/mol. The van der Waals surface area contributed by atoms with E-state index < -0.39 is 0 Å². The summed E-state index contributed by atoms with van der Waals surface area (Å²) in [5.41, 5.74) is 5.28. The largest absolute Gasteiger partial charge is 0.497 e. The van der Waals surface area contributed by atoms with E-state index in [0.29, 0.717) is 28.7 Å². The fourth-order valence-corrected chi connectivity index (χ4v) is 6.88. The molecule has 240 valence electrons. The number of thiophene rings is 1. The van der Waals surface area contributed by atoms with Gasteiger partial charge in [-0.05, 0) is 78.4 Å². The molecule has 1 aliphatic rings. The zero-order valence-corrected chi connectivity index (χ0v) is 28.1. The average Bonchev–Trinajstić information content (AvgIpc) is 3.88. The van der Waals surface area contributed by atoms with Crippen molar-refractivity contribution >= 4 is 40.6 Å². The Bertz CT molecular complexity index is 1920. The molecule has 2 aromatic heterocycles. The lowest BCUT2D eigenvalue weighted by Gasteiger charge is -2.22. The van der Waals surface area contributed by atoms with Gasteiger partial charge in [0.25, 0.3) is 11.8 Å². The Morgan fingerprint density at radius 2 is 1.77 bits per heavy atom. The van der Waals surface area contributed by atoms with E-state index in [1.54, 1.807) is 54.8 Å². The molecule has 47 heavy (non-hydrogen) atoms. The molecule has 1 aliphatic heterocycles. The third-order valence-corrected chi connectivity index (χ3v) is 9.67. The van der Waals surface area contributed by atoms with Crippen molar-refractivity contribution < 1.29 is 19.1 Å². The van der Waals surface area contributed by atoms with Gasteiger partial charge in [0.05, 0.1) is 48.8 Å². The molecule has 12 heteroatoms. The van der Waals surface area contributed by atoms with Crippen molar-refractivity contribution in [1.82, 2.24) is 25.1 Å². The zero-order chi connectivity index (χ0) is 32.9. The van der Waals surface area contributed by atoms with Crippen molar-refractivity contribution in [2.45, 2.75) is 38.0 Å². The summed E-state index contributed by atoms with van der Waals surface area (Å²) in [6.45, 7) is 4.16. The number of thioether (sulfide) groups is 1. The number of nitrogens with zero attached hydrogens (tertiary/aromatic N) is 5. The van der Waals surface area contributed by atoms with E-state index in [-0.39, 0.29) is 30.2 Å². The van der Waals surface area contributed by atoms with Crippen LogP contribution < -0.4 is 14.8 Å². The Morgan fingerprint density at radius 3 is 2.51 bits per heavy atom. The van der Waals surface area contributed by atoms with Gasteiger partial charge in [-0.25, -0.2) is 5.01 Å². The molecule has 0 saturated heterocycles. The molecule has 0 aliphatic carbocycles. The van der Waals surface area contributed by atoms with Crippen LogP contribution in [0.2, 0.25) is 0 Å². The van der Waals surface area contributed by atoms with E-state index >= 15 is 0 Å². The Hall–Kier alpha value is -4.94. The number of hydrogen-bond acceptors (Lipinski definition) is 9. The Labute approximate surface area is 281 Å². The van der Waals surface area contributed by atoms with Gasteiger partial charge in [-0.15, -0.1) is 21.5 Å². The Kier molecular flexibility index (Phi) is 9.69. The van der Waals surface area contributed by atoms with Gasteiger partial charge < -0.3 is 14.8 Å². The number of methoxy groups -OCH3 is 2. The molecule has 10 nitrogen and oxygen atoms in total. The highest BCUT2D eigenvalue weighted by molar-refractivity contribution is 7.99. The lowest BCUT2D eigenvalue weighted by Crippen LogP contribution is -2.28. The van der Waals surface area contributed by atoms with Gasteiger partial charge in [0.2, 0.25) is 0 Å². The molecule has 2 amide bonds. The van der Waals surface area contributed by atoms with Crippen molar-refractivity contribution in [1.29, 1.82) is 0 Å². The SMILES string of the molecule is COc1ccc(C2CC(c3cccs3)=NN2C(=O)CSc2nnc(CNC(=O)c3cccc(OC)c3)n2-c2cc(C)ccc2C)cc1. The quantitative estimate of drug-likeness (QED) is 0.163. The molecule has 0 radical (unpaired) electrons. The number of ether oxygens (including phenoxy) is 2. The standard InChI is InChI=1S/C35H34N6O4S2/c1-22-10-11-23(2)29(17-22)40-32(20-36-34(43)25-7-5-8-27(18-25)45-4)37-38-35(40)47-21-33(42)41-30(24-12-14-26(44-3)15-13-24)19-28(39-41)31-9-6-16-46-31/h5-18,30H,19-21H2,1-4H3,(H,36,43). The molecule has 0 spiro atoms. The highest BCUT2D eigenvalue weighted by Gasteiger charge is 2.34. The van der Waals surface area contributed by atoms with Crippen LogP contribution in [0.1, 0.15) is 50.2 Å². The van der Waals surface area contributed by atoms with Crippen molar-refractivity contribution in [2.24, 2.45) is 5.10 Å². The van der Waals surface area contributed by atoms with Gasteiger partial charge in [-0.3, -0.25) is 14.2 Å². The number of carbonyl (C=O) groups excluding carboxylic acids is 2. The number of carbonyl (C=O) groups is 2. The Morgan fingerprint density at radius 1 is 0.957 bits per heavy atom. The maximum absolute atomic E-state index is 13.9. The molecule has 1 atom stereocenters. The van der Waals surface area contributed by atoms with Gasteiger partial charge in [0.15, 0.2) is 11.0 Å². The van der Waals surface area contributed by atoms with Gasteiger partial charge in [-0.1, -0.05) is 48.2 Å². The third kappa shape index (κ3) is 7.08. The number of nitrogens with one attached hydrogen (secondary N) is 1. The second-order valence-corrected chi connectivity index (χ2v) is 12.9. The topological polar surface area (TPSA) is 111 Å². The van der Waals surface area contributed by atoms with E-state index in [2.05, 4.69) is 21.6 Å². The summed E-state index contributed by atoms with van der Waals surface area (Å²) in [5, 5.41) is 20.8. The second-order valence-electron chi connectivity index (χ2n) is 11.0. The van der Waals surface area contributed by atoms with E-state index in [1.165, 1.54) is 11.8 Å². The smallest absolute Gasteiger partial charge is 0.253 e. The number of amides is 2. The molecule has 1 N–H and O–H groups in total. The zero-order valence-electron chi connectivity index (χ0n) is 26.5. The summed E-state index contributed by atoms with van der Waals surface area (Å²) >= 11 is 2.90. The first-order valence-electron chi connectivity index (χ1n) is 15.0. The molecule has 3 aromatic carbocycles. The fourth-order valence-electron chi connectivity index (χ4n) is 5.35. The van der Waals surface area contributed by atoms with Gasteiger partial charge in [0, 0.05) is 12.0 Å². The predicted molar refractivity (Wildman–Crippen MR) is 184 cm³/mol. The highest BCUT2D eigenvalue weighted by atomic mass is 32.2. The first-order valence-corrected chi connectivity index (χ1v) is 16.9. The van der Waals surface area contributed by atoms with Crippen molar-refractivity contribution in [3.05, 3.63) is 117 Å². The normalized spacial score (nSPS) is 14.2. The lowest BCUT2D eigenvalue weighted by atomic mass is 10.0. The van der Waals surface area contributed by atoms with Crippen LogP contribution in [0, 0.1) is 13.8 Å². The van der Waals surface area contributed by atoms with Crippen LogP contribution in [0.5, 0.6) is 11.5 Å². The summed E-state index contributed by atoms with van der Waals surface area (Å²) in [7, 11) is 3.19. The third-order valence-electron chi connectivity index (χ3n) is 7.84. The minimum atomic E-state index is -0.262. The first kappa shape index (κ1) is 32.0. The van der Waals surface area contributed by atoms with E-state index in [1.807, 2.05) is 72.3 Å². The maximum Gasteiger partial charge on any atom is 0.253 e. The summed E-state index contributed by atoms with van der Waals surface area (Å²) in [4.78, 5) is 28.0. The van der Waals surface area contributed by atoms with Crippen molar-refractivity contribution in [2.75, 3.05) is 20.0 Å². The molecule has 5 aromatic rings. The number of rotatable bonds is 11. The van der Waals surface area contributed by atoms with Crippen LogP contribution in [-0.2, 0) is 11.3 Å². The Balaban J connectivity index is 1.25. The lowest BCUT2D eigenvalue weighted by molar-refractivity contribution is -0.130. The van der Waals surface area contributed by atoms with Crippen LogP contribution in [-0.4, -0.2) is 57.3 Å². The second kappa shape index (κ2) is 14.2. The summed E-state index contributed by atoms with van der Waals surface area (Å²) < 4.78 is 12.5. The number of hydrazone groups is 1. The van der Waals surface area contributed by atoms with E-state index in [0.717, 1.165) is 38.7 Å². The monoisotopic (exact) mass is 666 g/mol. The molecule has 1 unspecified atom stereocenters. The fraction of sp³-hybridized carbons (Fsp3) is 0.229. The number of hydrogen-bond donors (Lipinski definition) is 1. The molecule has 6 rings (SSSR count). The van der Waals surface area contributed by atoms with Crippen molar-refractivity contribution in [3.8, 4) is 17.2 Å². The minimum absolute atomic E-state index is 0.0903. The minimum Gasteiger partial charge on any atom is -0.497 e. The molecule has 0 bridgehead atoms. The molecule has 3 heterocycles. The number of benzene rings is 3. The summed E-state index contributed by atoms with van der Waals surface area (Å²) in [5.74, 6) is 1.57. The molecule has 0 fully saturated rings. The van der Waals surface area contributed by atoms with Crippen molar-refractivity contribution in [3.63, 3.8) is 0 Å². The van der Waals surface area contributed by atoms with E-state index in [4.69, 9.17) is 14.6 Å². The molecular formula is C35H34N6O4S2. The molecule has 0 saturated carbocycles. The molecular weight excluding hydrogens is 633 g/mol. The van der Waals surface area contributed by atoms with Crippen LogP contribution in [0.25, 0.3) is 5.69 Å². The maximum atomic E-state index is 13.9. The van der Waals surface area contributed by atoms with Crippen LogP contribution in [0.15, 0.2) is 94.5 Å². The number of aromatic nitrogens is 3. The van der Waals surface area contributed by atoms with Crippen LogP contribution >= 0.6 is 23.1 Å². The van der Waals surface area contributed by atoms with Gasteiger partial charge in [-0.2, -0.15) is 5.10 Å². The van der Waals surface area contributed by atoms with E-state index in [9.17, 15) is 9.59 Å². The highest BCUT2D eigenvalue weighted by Crippen LogP contribution is 2.35.